The summed E-state index contributed by atoms with van der Waals surface area (Å²) in [5, 5.41) is 4.35. The van der Waals surface area contributed by atoms with Gasteiger partial charge in [-0.2, -0.15) is 0 Å². The lowest BCUT2D eigenvalue weighted by atomic mass is 10.0. The topological polar surface area (TPSA) is 59.4 Å². The summed E-state index contributed by atoms with van der Waals surface area (Å²) >= 11 is 0. The molecule has 5 rings (SSSR count). The summed E-state index contributed by atoms with van der Waals surface area (Å²) in [4.78, 5) is 20.0. The van der Waals surface area contributed by atoms with Crippen LogP contribution in [0, 0.1) is 5.82 Å². The summed E-state index contributed by atoms with van der Waals surface area (Å²) in [6.07, 6.45) is 5.51. The third-order valence-electron chi connectivity index (χ3n) is 6.48. The first kappa shape index (κ1) is 22.1. The van der Waals surface area contributed by atoms with E-state index in [1.807, 2.05) is 54.2 Å². The van der Waals surface area contributed by atoms with Crippen molar-refractivity contribution in [3.63, 3.8) is 0 Å². The van der Waals surface area contributed by atoms with E-state index in [-0.39, 0.29) is 17.5 Å². The summed E-state index contributed by atoms with van der Waals surface area (Å²) in [7, 11) is 3.56. The zero-order chi connectivity index (χ0) is 23.7. The molecule has 0 radical (unpaired) electrons. The molecule has 1 atom stereocenters. The van der Waals surface area contributed by atoms with Gasteiger partial charge in [0.1, 0.15) is 17.4 Å². The van der Waals surface area contributed by atoms with Crippen LogP contribution in [-0.2, 0) is 7.05 Å². The molecule has 1 N–H and O–H groups in total. The van der Waals surface area contributed by atoms with E-state index in [1.165, 1.54) is 6.07 Å². The number of methoxy groups -OCH3 is 1. The van der Waals surface area contributed by atoms with E-state index in [0.717, 1.165) is 41.6 Å². The number of benzene rings is 2. The number of carbonyl (C=O) groups excluding carboxylic acids is 1. The number of hydrogen-bond acceptors (Lipinski definition) is 4. The minimum atomic E-state index is -0.548. The highest BCUT2D eigenvalue weighted by Gasteiger charge is 2.30. The second-order valence-corrected chi connectivity index (χ2v) is 8.63. The van der Waals surface area contributed by atoms with E-state index < -0.39 is 5.82 Å². The number of nitrogens with one attached hydrogen (secondary N) is 1. The van der Waals surface area contributed by atoms with Crippen LogP contribution in [0.25, 0.3) is 22.0 Å². The zero-order valence-corrected chi connectivity index (χ0v) is 19.3. The second-order valence-electron chi connectivity index (χ2n) is 8.63. The highest BCUT2D eigenvalue weighted by atomic mass is 19.1. The van der Waals surface area contributed by atoms with Crippen molar-refractivity contribution in [2.45, 2.75) is 18.9 Å². The van der Waals surface area contributed by atoms with Crippen molar-refractivity contribution in [3.8, 4) is 16.9 Å². The van der Waals surface area contributed by atoms with Crippen molar-refractivity contribution in [2.75, 3.05) is 25.1 Å². The van der Waals surface area contributed by atoms with Crippen LogP contribution in [-0.4, -0.2) is 41.7 Å². The van der Waals surface area contributed by atoms with Crippen molar-refractivity contribution in [1.29, 1.82) is 0 Å². The Morgan fingerprint density at radius 2 is 1.94 bits per heavy atom. The number of nitrogens with zero attached hydrogens (tertiary/aromatic N) is 3. The van der Waals surface area contributed by atoms with Crippen LogP contribution in [0.5, 0.6) is 5.75 Å². The van der Waals surface area contributed by atoms with Crippen LogP contribution in [0.15, 0.2) is 67.0 Å². The average Bonchev–Trinajstić information content (AvgIpc) is 3.24. The van der Waals surface area contributed by atoms with Gasteiger partial charge in [-0.15, -0.1) is 0 Å². The van der Waals surface area contributed by atoms with Crippen molar-refractivity contribution < 1.29 is 13.9 Å². The molecule has 1 fully saturated rings. The standard InChI is InChI=1S/C27H27FN4O2/c1-31-13-11-20-15-26(30-17-25(20)31)32(21-4-3-12-29-16-21)27(33)23-10-7-19(14-24(23)28)18-5-8-22(34-2)9-6-18/h5-11,13-15,17,21,29H,3-4,12,16H2,1-2H3/t21-/m1/s1. The summed E-state index contributed by atoms with van der Waals surface area (Å²) in [6.45, 7) is 1.56. The molecule has 4 aromatic rings. The van der Waals surface area contributed by atoms with Gasteiger partial charge in [0.2, 0.25) is 0 Å². The molecule has 6 nitrogen and oxygen atoms in total. The highest BCUT2D eigenvalue weighted by molar-refractivity contribution is 6.07. The van der Waals surface area contributed by atoms with Gasteiger partial charge in [-0.3, -0.25) is 9.69 Å². The Balaban J connectivity index is 1.51. The molecule has 1 amide bonds. The minimum absolute atomic E-state index is 0.0396. The summed E-state index contributed by atoms with van der Waals surface area (Å²) in [6, 6.07) is 16.0. The molecular weight excluding hydrogens is 431 g/mol. The summed E-state index contributed by atoms with van der Waals surface area (Å²) in [5.74, 6) is 0.342. The molecule has 174 valence electrons. The first-order valence-corrected chi connectivity index (χ1v) is 11.4. The largest absolute Gasteiger partial charge is 0.497 e. The van der Waals surface area contributed by atoms with Crippen LogP contribution in [0.4, 0.5) is 10.2 Å². The summed E-state index contributed by atoms with van der Waals surface area (Å²) in [5.41, 5.74) is 2.57. The van der Waals surface area contributed by atoms with Gasteiger partial charge in [0.05, 0.1) is 30.4 Å². The first-order valence-electron chi connectivity index (χ1n) is 11.4. The van der Waals surface area contributed by atoms with Gasteiger partial charge in [-0.05, 0) is 66.9 Å². The van der Waals surface area contributed by atoms with Crippen LogP contribution in [0.2, 0.25) is 0 Å². The molecule has 1 saturated heterocycles. The SMILES string of the molecule is COc1ccc(-c2ccc(C(=O)N(c3cc4ccn(C)c4cn3)[C@@H]3CCCNC3)c(F)c2)cc1. The number of anilines is 1. The molecule has 3 heterocycles. The number of piperidine rings is 1. The van der Waals surface area contributed by atoms with Gasteiger partial charge in [-0.1, -0.05) is 18.2 Å². The molecule has 0 bridgehead atoms. The lowest BCUT2D eigenvalue weighted by Gasteiger charge is -2.34. The van der Waals surface area contributed by atoms with Crippen LogP contribution >= 0.6 is 0 Å². The number of fused-ring (bicyclic) bond motifs is 1. The predicted molar refractivity (Wildman–Crippen MR) is 132 cm³/mol. The number of halogens is 1. The lowest BCUT2D eigenvalue weighted by Crippen LogP contribution is -2.49. The maximum Gasteiger partial charge on any atom is 0.262 e. The van der Waals surface area contributed by atoms with Gasteiger partial charge in [0, 0.05) is 25.2 Å². The smallest absolute Gasteiger partial charge is 0.262 e. The van der Waals surface area contributed by atoms with Crippen molar-refractivity contribution in [2.24, 2.45) is 7.05 Å². The fourth-order valence-electron chi connectivity index (χ4n) is 4.58. The minimum Gasteiger partial charge on any atom is -0.497 e. The van der Waals surface area contributed by atoms with E-state index in [9.17, 15) is 4.79 Å². The molecule has 0 aliphatic carbocycles. The Morgan fingerprint density at radius 1 is 1.15 bits per heavy atom. The molecule has 1 aliphatic heterocycles. The molecule has 2 aromatic carbocycles. The quantitative estimate of drug-likeness (QED) is 0.467. The van der Waals surface area contributed by atoms with E-state index in [1.54, 1.807) is 30.3 Å². The van der Waals surface area contributed by atoms with E-state index in [0.29, 0.717) is 17.9 Å². The molecule has 0 saturated carbocycles. The fourth-order valence-corrected chi connectivity index (χ4v) is 4.58. The molecule has 1 aliphatic rings. The van der Waals surface area contributed by atoms with Gasteiger partial charge in [0.25, 0.3) is 5.91 Å². The third kappa shape index (κ3) is 4.15. The van der Waals surface area contributed by atoms with Crippen LogP contribution in [0.3, 0.4) is 0 Å². The Kier molecular flexibility index (Phi) is 6.02. The molecule has 0 spiro atoms. The number of pyridine rings is 1. The number of aryl methyl sites for hydroxylation is 1. The number of ether oxygens (including phenoxy) is 1. The van der Waals surface area contributed by atoms with Gasteiger partial charge < -0.3 is 14.6 Å². The van der Waals surface area contributed by atoms with E-state index in [4.69, 9.17) is 4.74 Å². The van der Waals surface area contributed by atoms with E-state index >= 15 is 4.39 Å². The van der Waals surface area contributed by atoms with Crippen molar-refractivity contribution >= 4 is 22.6 Å². The van der Waals surface area contributed by atoms with Gasteiger partial charge >= 0.3 is 0 Å². The lowest BCUT2D eigenvalue weighted by molar-refractivity contribution is 0.0967. The van der Waals surface area contributed by atoms with Crippen LogP contribution in [0.1, 0.15) is 23.2 Å². The second kappa shape index (κ2) is 9.27. The predicted octanol–water partition coefficient (Wildman–Crippen LogP) is 4.79. The molecule has 2 aromatic heterocycles. The highest BCUT2D eigenvalue weighted by Crippen LogP contribution is 2.28. The average molecular weight is 459 g/mol. The Morgan fingerprint density at radius 3 is 2.65 bits per heavy atom. The van der Waals surface area contributed by atoms with E-state index in [2.05, 4.69) is 10.3 Å². The van der Waals surface area contributed by atoms with Gasteiger partial charge in [-0.25, -0.2) is 9.37 Å². The van der Waals surface area contributed by atoms with Crippen molar-refractivity contribution in [3.05, 3.63) is 78.4 Å². The fraction of sp³-hybridized carbons (Fsp3) is 0.259. The number of aromatic nitrogens is 2. The molecule has 34 heavy (non-hydrogen) atoms. The Hall–Kier alpha value is -3.71. The number of amides is 1. The number of rotatable bonds is 5. The third-order valence-corrected chi connectivity index (χ3v) is 6.48. The van der Waals surface area contributed by atoms with Crippen LogP contribution < -0.4 is 15.0 Å². The first-order chi connectivity index (χ1) is 16.5. The van der Waals surface area contributed by atoms with Gasteiger partial charge in [0.15, 0.2) is 0 Å². The summed E-state index contributed by atoms with van der Waals surface area (Å²) < 4.78 is 22.5. The molecule has 0 unspecified atom stereocenters. The normalized spacial score (nSPS) is 15.9. The maximum absolute atomic E-state index is 15.3. The van der Waals surface area contributed by atoms with Crippen molar-refractivity contribution in [1.82, 2.24) is 14.9 Å². The monoisotopic (exact) mass is 458 g/mol. The molecule has 7 heteroatoms. The number of hydrogen-bond donors (Lipinski definition) is 1. The maximum atomic E-state index is 15.3. The number of carbonyl (C=O) groups is 1. The Bertz CT molecular complexity index is 1330. The molecular formula is C27H27FN4O2. The Labute approximate surface area is 198 Å². The zero-order valence-electron chi connectivity index (χ0n) is 19.3.